The average Bonchev–Trinajstić information content (AvgIpc) is 2.28. The largest absolute Gasteiger partial charge is 0.481 e. The van der Waals surface area contributed by atoms with Gasteiger partial charge in [-0.1, -0.05) is 13.8 Å². The first-order valence-corrected chi connectivity index (χ1v) is 5.35. The van der Waals surface area contributed by atoms with Gasteiger partial charge in [-0.05, 0) is 18.9 Å². The maximum Gasteiger partial charge on any atom is 0.251 e. The normalized spacial score (nSPS) is 12.3. The molecule has 0 aliphatic carbocycles. The van der Waals surface area contributed by atoms with E-state index < -0.39 is 0 Å². The van der Waals surface area contributed by atoms with Crippen LogP contribution in [-0.4, -0.2) is 24.0 Å². The van der Waals surface area contributed by atoms with Gasteiger partial charge in [-0.2, -0.15) is 0 Å². The highest BCUT2D eigenvalue weighted by molar-refractivity contribution is 5.94. The van der Waals surface area contributed by atoms with E-state index in [0.717, 1.165) is 0 Å². The van der Waals surface area contributed by atoms with Crippen molar-refractivity contribution >= 4 is 5.91 Å². The van der Waals surface area contributed by atoms with Crippen LogP contribution in [0.5, 0.6) is 5.88 Å². The molecule has 0 fully saturated rings. The zero-order valence-corrected chi connectivity index (χ0v) is 10.2. The Morgan fingerprint density at radius 3 is 2.69 bits per heavy atom. The lowest BCUT2D eigenvalue weighted by Crippen LogP contribution is -2.36. The van der Waals surface area contributed by atoms with E-state index in [1.165, 1.54) is 7.11 Å². The number of hydrogen-bond donors (Lipinski definition) is 1. The number of nitrogens with zero attached hydrogens (tertiary/aromatic N) is 1. The molecule has 1 heterocycles. The molecule has 0 aliphatic rings. The molecule has 1 amide bonds. The average molecular weight is 222 g/mol. The van der Waals surface area contributed by atoms with Crippen molar-refractivity contribution in [3.8, 4) is 5.88 Å². The van der Waals surface area contributed by atoms with Gasteiger partial charge in [-0.3, -0.25) is 4.79 Å². The van der Waals surface area contributed by atoms with Crippen LogP contribution >= 0.6 is 0 Å². The lowest BCUT2D eigenvalue weighted by atomic mass is 10.1. The van der Waals surface area contributed by atoms with E-state index in [9.17, 15) is 4.79 Å². The third kappa shape index (κ3) is 3.22. The maximum atomic E-state index is 11.8. The molecule has 0 aliphatic heterocycles. The summed E-state index contributed by atoms with van der Waals surface area (Å²) in [6, 6.07) is 3.44. The van der Waals surface area contributed by atoms with Crippen LogP contribution in [0.4, 0.5) is 0 Å². The summed E-state index contributed by atoms with van der Waals surface area (Å²) >= 11 is 0. The SMILES string of the molecule is COc1cc(C(=O)N[C@@H](C)C(C)C)ccn1. The fourth-order valence-corrected chi connectivity index (χ4v) is 1.12. The van der Waals surface area contributed by atoms with Crippen molar-refractivity contribution < 1.29 is 9.53 Å². The summed E-state index contributed by atoms with van der Waals surface area (Å²) in [5, 5.41) is 2.92. The van der Waals surface area contributed by atoms with Gasteiger partial charge in [-0.25, -0.2) is 4.98 Å². The Kier molecular flexibility index (Phi) is 4.28. The summed E-state index contributed by atoms with van der Waals surface area (Å²) in [7, 11) is 1.53. The van der Waals surface area contributed by atoms with Crippen LogP contribution in [0.1, 0.15) is 31.1 Å². The second kappa shape index (κ2) is 5.49. The van der Waals surface area contributed by atoms with Crippen molar-refractivity contribution in [3.63, 3.8) is 0 Å². The maximum absolute atomic E-state index is 11.8. The molecule has 1 rings (SSSR count). The van der Waals surface area contributed by atoms with Crippen LogP contribution in [0.3, 0.4) is 0 Å². The summed E-state index contributed by atoms with van der Waals surface area (Å²) < 4.78 is 4.97. The molecule has 1 atom stereocenters. The Hall–Kier alpha value is -1.58. The lowest BCUT2D eigenvalue weighted by Gasteiger charge is -2.17. The van der Waals surface area contributed by atoms with Crippen molar-refractivity contribution in [2.75, 3.05) is 7.11 Å². The summed E-state index contributed by atoms with van der Waals surface area (Å²) in [6.45, 7) is 6.12. The van der Waals surface area contributed by atoms with Crippen LogP contribution in [-0.2, 0) is 0 Å². The predicted octanol–water partition coefficient (Wildman–Crippen LogP) is 1.86. The van der Waals surface area contributed by atoms with Gasteiger partial charge in [-0.15, -0.1) is 0 Å². The minimum atomic E-state index is -0.0955. The van der Waals surface area contributed by atoms with Gasteiger partial charge in [0.25, 0.3) is 5.91 Å². The number of methoxy groups -OCH3 is 1. The molecule has 1 aromatic rings. The molecule has 0 bridgehead atoms. The number of carbonyl (C=O) groups is 1. The van der Waals surface area contributed by atoms with E-state index in [1.54, 1.807) is 18.3 Å². The number of pyridine rings is 1. The zero-order valence-electron chi connectivity index (χ0n) is 10.2. The van der Waals surface area contributed by atoms with Crippen LogP contribution in [0.25, 0.3) is 0 Å². The van der Waals surface area contributed by atoms with Crippen LogP contribution < -0.4 is 10.1 Å². The molecule has 0 spiro atoms. The van der Waals surface area contributed by atoms with Crippen LogP contribution in [0.2, 0.25) is 0 Å². The molecule has 88 valence electrons. The molecule has 4 nitrogen and oxygen atoms in total. The first-order chi connectivity index (χ1) is 7.54. The zero-order chi connectivity index (χ0) is 12.1. The number of nitrogens with one attached hydrogen (secondary N) is 1. The van der Waals surface area contributed by atoms with E-state index in [4.69, 9.17) is 4.74 Å². The first-order valence-electron chi connectivity index (χ1n) is 5.35. The first kappa shape index (κ1) is 12.5. The van der Waals surface area contributed by atoms with Crippen LogP contribution in [0.15, 0.2) is 18.3 Å². The Bertz CT molecular complexity index is 364. The molecular formula is C12H18N2O2. The number of carbonyl (C=O) groups excluding carboxylic acids is 1. The number of amides is 1. The minimum absolute atomic E-state index is 0.0955. The highest BCUT2D eigenvalue weighted by Gasteiger charge is 2.12. The lowest BCUT2D eigenvalue weighted by molar-refractivity contribution is 0.0930. The molecule has 0 radical (unpaired) electrons. The van der Waals surface area contributed by atoms with Gasteiger partial charge in [0.05, 0.1) is 7.11 Å². The Morgan fingerprint density at radius 2 is 2.12 bits per heavy atom. The fraction of sp³-hybridized carbons (Fsp3) is 0.500. The Labute approximate surface area is 96.0 Å². The monoisotopic (exact) mass is 222 g/mol. The quantitative estimate of drug-likeness (QED) is 0.846. The van der Waals surface area contributed by atoms with Gasteiger partial charge in [0.1, 0.15) is 0 Å². The van der Waals surface area contributed by atoms with E-state index in [2.05, 4.69) is 24.1 Å². The van der Waals surface area contributed by atoms with Crippen molar-refractivity contribution in [2.45, 2.75) is 26.8 Å². The minimum Gasteiger partial charge on any atom is -0.481 e. The molecule has 0 unspecified atom stereocenters. The highest BCUT2D eigenvalue weighted by atomic mass is 16.5. The second-order valence-corrected chi connectivity index (χ2v) is 4.09. The second-order valence-electron chi connectivity index (χ2n) is 4.09. The van der Waals surface area contributed by atoms with Gasteiger partial charge in [0.2, 0.25) is 5.88 Å². The number of hydrogen-bond acceptors (Lipinski definition) is 3. The van der Waals surface area contributed by atoms with Crippen molar-refractivity contribution in [2.24, 2.45) is 5.92 Å². The fourth-order valence-electron chi connectivity index (χ4n) is 1.12. The molecule has 0 saturated carbocycles. The topological polar surface area (TPSA) is 51.2 Å². The van der Waals surface area contributed by atoms with Crippen molar-refractivity contribution in [3.05, 3.63) is 23.9 Å². The molecule has 1 N–H and O–H groups in total. The molecule has 0 saturated heterocycles. The third-order valence-electron chi connectivity index (χ3n) is 2.56. The summed E-state index contributed by atoms with van der Waals surface area (Å²) in [5.74, 6) is 0.763. The Morgan fingerprint density at radius 1 is 1.44 bits per heavy atom. The van der Waals surface area contributed by atoms with Crippen molar-refractivity contribution in [1.29, 1.82) is 0 Å². The van der Waals surface area contributed by atoms with Gasteiger partial charge in [0.15, 0.2) is 0 Å². The Balaban J connectivity index is 2.72. The van der Waals surface area contributed by atoms with Gasteiger partial charge < -0.3 is 10.1 Å². The number of aromatic nitrogens is 1. The van der Waals surface area contributed by atoms with E-state index in [1.807, 2.05) is 6.92 Å². The summed E-state index contributed by atoms with van der Waals surface area (Å²) in [6.07, 6.45) is 1.56. The van der Waals surface area contributed by atoms with E-state index in [0.29, 0.717) is 17.4 Å². The predicted molar refractivity (Wildman–Crippen MR) is 62.6 cm³/mol. The summed E-state index contributed by atoms with van der Waals surface area (Å²) in [4.78, 5) is 15.8. The number of rotatable bonds is 4. The van der Waals surface area contributed by atoms with E-state index >= 15 is 0 Å². The molecule has 16 heavy (non-hydrogen) atoms. The van der Waals surface area contributed by atoms with E-state index in [-0.39, 0.29) is 11.9 Å². The standard InChI is InChI=1S/C12H18N2O2/c1-8(2)9(3)14-12(15)10-5-6-13-11(7-10)16-4/h5-9H,1-4H3,(H,14,15)/t9-/m0/s1. The van der Waals surface area contributed by atoms with Crippen LogP contribution in [0, 0.1) is 5.92 Å². The summed E-state index contributed by atoms with van der Waals surface area (Å²) in [5.41, 5.74) is 0.569. The van der Waals surface area contributed by atoms with Crippen molar-refractivity contribution in [1.82, 2.24) is 10.3 Å². The molecule has 0 aromatic carbocycles. The third-order valence-corrected chi connectivity index (χ3v) is 2.56. The molecule has 1 aromatic heterocycles. The van der Waals surface area contributed by atoms with Gasteiger partial charge >= 0.3 is 0 Å². The molecular weight excluding hydrogens is 204 g/mol. The van der Waals surface area contributed by atoms with Gasteiger partial charge in [0, 0.05) is 23.9 Å². The highest BCUT2D eigenvalue weighted by Crippen LogP contribution is 2.09. The molecule has 4 heteroatoms. The number of ether oxygens (including phenoxy) is 1. The smallest absolute Gasteiger partial charge is 0.251 e.